The van der Waals surface area contributed by atoms with Gasteiger partial charge in [-0.25, -0.2) is 0 Å². The first-order chi connectivity index (χ1) is 9.76. The molecule has 0 amide bonds. The molecule has 1 aromatic rings. The molecular weight excluding hydrogens is 250 g/mol. The third kappa shape index (κ3) is 2.80. The highest BCUT2D eigenvalue weighted by Gasteiger charge is 2.27. The zero-order valence-electron chi connectivity index (χ0n) is 11.8. The third-order valence-corrected chi connectivity index (χ3v) is 4.43. The molecule has 1 fully saturated rings. The number of benzene rings is 1. The summed E-state index contributed by atoms with van der Waals surface area (Å²) in [5, 5.41) is 11.4. The van der Waals surface area contributed by atoms with E-state index in [0.717, 1.165) is 43.9 Å². The summed E-state index contributed by atoms with van der Waals surface area (Å²) in [5.74, 6) is 2.90. The maximum Gasteiger partial charge on any atom is 0.125 e. The Labute approximate surface area is 120 Å². The highest BCUT2D eigenvalue weighted by Crippen LogP contribution is 2.32. The van der Waals surface area contributed by atoms with Crippen molar-refractivity contribution in [2.24, 2.45) is 17.6 Å². The van der Waals surface area contributed by atoms with Gasteiger partial charge in [0.2, 0.25) is 0 Å². The fourth-order valence-electron chi connectivity index (χ4n) is 3.10. The molecule has 4 nitrogen and oxygen atoms in total. The molecule has 0 spiro atoms. The van der Waals surface area contributed by atoms with Gasteiger partial charge in [-0.1, -0.05) is 0 Å². The zero-order valence-corrected chi connectivity index (χ0v) is 11.8. The molecule has 0 atom stereocenters. The van der Waals surface area contributed by atoms with Crippen LogP contribution >= 0.6 is 0 Å². The fraction of sp³-hybridized carbons (Fsp3) is 0.562. The summed E-state index contributed by atoms with van der Waals surface area (Å²) >= 11 is 0. The number of hydrogen-bond acceptors (Lipinski definition) is 3. The molecule has 2 aliphatic rings. The number of amidine groups is 1. The molecule has 4 heteroatoms. The van der Waals surface area contributed by atoms with Crippen LogP contribution in [-0.2, 0) is 6.42 Å². The van der Waals surface area contributed by atoms with Gasteiger partial charge in [-0.05, 0) is 67.8 Å². The van der Waals surface area contributed by atoms with Crippen LogP contribution in [-0.4, -0.2) is 25.5 Å². The Morgan fingerprint density at radius 3 is 3.00 bits per heavy atom. The van der Waals surface area contributed by atoms with Gasteiger partial charge in [0.25, 0.3) is 0 Å². The lowest BCUT2D eigenvalue weighted by atomic mass is 9.75. The van der Waals surface area contributed by atoms with E-state index in [-0.39, 0.29) is 0 Å². The van der Waals surface area contributed by atoms with Gasteiger partial charge in [0.1, 0.15) is 11.6 Å². The van der Waals surface area contributed by atoms with E-state index in [9.17, 15) is 0 Å². The molecule has 1 heterocycles. The molecule has 20 heavy (non-hydrogen) atoms. The largest absolute Gasteiger partial charge is 0.493 e. The molecule has 0 radical (unpaired) electrons. The number of ether oxygens (including phenoxy) is 1. The first kappa shape index (κ1) is 13.4. The molecule has 108 valence electrons. The molecule has 4 N–H and O–H groups in total. The van der Waals surface area contributed by atoms with Crippen LogP contribution in [0.4, 0.5) is 0 Å². The van der Waals surface area contributed by atoms with E-state index in [0.29, 0.717) is 17.7 Å². The molecule has 1 saturated carbocycles. The third-order valence-electron chi connectivity index (χ3n) is 4.43. The van der Waals surface area contributed by atoms with Crippen LogP contribution in [0.1, 0.15) is 30.4 Å². The van der Waals surface area contributed by atoms with Gasteiger partial charge in [0.05, 0.1) is 6.61 Å². The van der Waals surface area contributed by atoms with Crippen LogP contribution in [0.15, 0.2) is 18.2 Å². The Bertz CT molecular complexity index is 494. The van der Waals surface area contributed by atoms with E-state index in [4.69, 9.17) is 15.9 Å². The van der Waals surface area contributed by atoms with Crippen molar-refractivity contribution in [1.29, 1.82) is 5.41 Å². The van der Waals surface area contributed by atoms with Crippen LogP contribution in [0.5, 0.6) is 5.75 Å². The van der Waals surface area contributed by atoms with Crippen LogP contribution < -0.4 is 15.8 Å². The summed E-state index contributed by atoms with van der Waals surface area (Å²) in [5.41, 5.74) is 7.82. The summed E-state index contributed by atoms with van der Waals surface area (Å²) in [6.07, 6.45) is 4.53. The molecule has 1 aliphatic carbocycles. The van der Waals surface area contributed by atoms with Crippen molar-refractivity contribution in [2.75, 3.05) is 19.7 Å². The first-order valence-electron chi connectivity index (χ1n) is 7.55. The predicted molar refractivity (Wildman–Crippen MR) is 80.4 cm³/mol. The highest BCUT2D eigenvalue weighted by atomic mass is 16.5. The fourth-order valence-corrected chi connectivity index (χ4v) is 3.10. The van der Waals surface area contributed by atoms with Crippen molar-refractivity contribution in [3.63, 3.8) is 0 Å². The van der Waals surface area contributed by atoms with Crippen molar-refractivity contribution < 1.29 is 4.74 Å². The predicted octanol–water partition coefficient (Wildman–Crippen LogP) is 1.91. The second-order valence-corrected chi connectivity index (χ2v) is 5.97. The Morgan fingerprint density at radius 2 is 2.20 bits per heavy atom. The number of aryl methyl sites for hydroxylation is 1. The number of nitrogens with one attached hydrogen (secondary N) is 2. The monoisotopic (exact) mass is 273 g/mol. The lowest BCUT2D eigenvalue weighted by Crippen LogP contribution is -2.38. The van der Waals surface area contributed by atoms with Crippen molar-refractivity contribution in [1.82, 2.24) is 5.32 Å². The molecule has 0 bridgehead atoms. The average Bonchev–Trinajstić information content (AvgIpc) is 2.45. The molecule has 1 aromatic carbocycles. The number of rotatable bonds is 4. The van der Waals surface area contributed by atoms with Gasteiger partial charge in [0.15, 0.2) is 0 Å². The van der Waals surface area contributed by atoms with Gasteiger partial charge in [-0.15, -0.1) is 0 Å². The van der Waals surface area contributed by atoms with Gasteiger partial charge >= 0.3 is 0 Å². The van der Waals surface area contributed by atoms with Crippen LogP contribution in [0.2, 0.25) is 0 Å². The van der Waals surface area contributed by atoms with Crippen molar-refractivity contribution in [3.8, 4) is 5.75 Å². The molecule has 1 aliphatic heterocycles. The topological polar surface area (TPSA) is 71.1 Å². The Morgan fingerprint density at radius 1 is 1.35 bits per heavy atom. The maximum atomic E-state index is 8.16. The van der Waals surface area contributed by atoms with Crippen LogP contribution in [0, 0.1) is 17.2 Å². The average molecular weight is 273 g/mol. The summed E-state index contributed by atoms with van der Waals surface area (Å²) in [7, 11) is 0. The van der Waals surface area contributed by atoms with E-state index in [1.807, 2.05) is 12.1 Å². The van der Waals surface area contributed by atoms with E-state index >= 15 is 0 Å². The van der Waals surface area contributed by atoms with Crippen molar-refractivity contribution in [2.45, 2.75) is 25.7 Å². The van der Waals surface area contributed by atoms with Crippen LogP contribution in [0.25, 0.3) is 0 Å². The highest BCUT2D eigenvalue weighted by molar-refractivity contribution is 5.96. The van der Waals surface area contributed by atoms with Gasteiger partial charge in [-0.3, -0.25) is 5.41 Å². The normalized spacial score (nSPS) is 24.2. The minimum atomic E-state index is 0.523. The van der Waals surface area contributed by atoms with Gasteiger partial charge in [0, 0.05) is 12.1 Å². The number of nitrogens with two attached hydrogens (primary N) is 1. The molecule has 0 unspecified atom stereocenters. The van der Waals surface area contributed by atoms with E-state index in [2.05, 4.69) is 11.4 Å². The second kappa shape index (κ2) is 5.83. The molecule has 0 saturated heterocycles. The smallest absolute Gasteiger partial charge is 0.125 e. The number of fused-ring (bicyclic) bond motifs is 1. The van der Waals surface area contributed by atoms with E-state index in [1.54, 1.807) is 0 Å². The maximum absolute atomic E-state index is 8.16. The lowest BCUT2D eigenvalue weighted by Gasteiger charge is -2.34. The zero-order chi connectivity index (χ0) is 13.9. The molecule has 0 aromatic heterocycles. The summed E-state index contributed by atoms with van der Waals surface area (Å²) < 4.78 is 5.60. The lowest BCUT2D eigenvalue weighted by molar-refractivity contribution is 0.202. The van der Waals surface area contributed by atoms with Crippen molar-refractivity contribution >= 4 is 5.84 Å². The summed E-state index contributed by atoms with van der Waals surface area (Å²) in [4.78, 5) is 0. The van der Waals surface area contributed by atoms with Crippen molar-refractivity contribution in [3.05, 3.63) is 29.3 Å². The second-order valence-electron chi connectivity index (χ2n) is 5.97. The number of hydrogen-bond donors (Lipinski definition) is 3. The van der Waals surface area contributed by atoms with E-state index in [1.165, 1.54) is 18.4 Å². The molecule has 3 rings (SSSR count). The van der Waals surface area contributed by atoms with Crippen LogP contribution in [0.3, 0.4) is 0 Å². The Balaban J connectivity index is 1.55. The first-order valence-corrected chi connectivity index (χ1v) is 7.55. The summed E-state index contributed by atoms with van der Waals surface area (Å²) in [6, 6.07) is 6.06. The minimum absolute atomic E-state index is 0.523. The Kier molecular flexibility index (Phi) is 3.92. The van der Waals surface area contributed by atoms with Gasteiger partial charge < -0.3 is 15.8 Å². The standard InChI is InChI=1S/C16H23N3O/c17-9-11-6-12(7-11)10-19-16(18)14-3-4-15-13(8-14)2-1-5-20-15/h3-4,8,11-12H,1-2,5-7,9-10,17H2,(H2,18,19). The molecular formula is C16H23N3O. The SMILES string of the molecule is N=C(NCC1CC(CN)C1)c1ccc2c(c1)CCCO2. The Hall–Kier alpha value is -1.55. The van der Waals surface area contributed by atoms with Gasteiger partial charge in [-0.2, -0.15) is 0 Å². The van der Waals surface area contributed by atoms with E-state index < -0.39 is 0 Å². The quantitative estimate of drug-likeness (QED) is 0.579. The summed E-state index contributed by atoms with van der Waals surface area (Å²) in [6.45, 7) is 2.51. The minimum Gasteiger partial charge on any atom is -0.493 e.